The fourth-order valence-corrected chi connectivity index (χ4v) is 8.58. The molecule has 0 amide bonds. The summed E-state index contributed by atoms with van der Waals surface area (Å²) in [5.74, 6) is 0.338. The van der Waals surface area contributed by atoms with E-state index in [0.29, 0.717) is 30.3 Å². The maximum atomic E-state index is 14.8. The molecule has 0 radical (unpaired) electrons. The SMILES string of the molecule is Cc1cccc(F)c1CN1CCc2cc(-c3c(CCCC4CCOCC4)nc(C)c(C(OC(C)(C)C)C(=O)O)c3-c3ccc4c(c3)CCCO4)ccc2C1. The van der Waals surface area contributed by atoms with Crippen LogP contribution < -0.4 is 4.74 Å². The van der Waals surface area contributed by atoms with E-state index in [4.69, 9.17) is 19.2 Å². The smallest absolute Gasteiger partial charge is 0.337 e. The molecule has 1 fully saturated rings. The minimum Gasteiger partial charge on any atom is -0.493 e. The van der Waals surface area contributed by atoms with Gasteiger partial charge in [0.2, 0.25) is 0 Å². The first-order chi connectivity index (χ1) is 25.9. The zero-order chi connectivity index (χ0) is 38.0. The molecule has 7 rings (SSSR count). The summed E-state index contributed by atoms with van der Waals surface area (Å²) in [7, 11) is 0. The van der Waals surface area contributed by atoms with Crippen LogP contribution >= 0.6 is 0 Å². The lowest BCUT2D eigenvalue weighted by Gasteiger charge is -2.31. The highest BCUT2D eigenvalue weighted by atomic mass is 19.1. The zero-order valence-corrected chi connectivity index (χ0v) is 32.6. The molecular weight excluding hydrogens is 680 g/mol. The lowest BCUT2D eigenvalue weighted by Crippen LogP contribution is -2.30. The first-order valence-electron chi connectivity index (χ1n) is 19.8. The molecule has 0 spiro atoms. The third kappa shape index (κ3) is 8.56. The molecule has 8 heteroatoms. The minimum absolute atomic E-state index is 0.153. The molecule has 0 saturated carbocycles. The van der Waals surface area contributed by atoms with Crippen LogP contribution in [0.15, 0.2) is 54.6 Å². The molecule has 286 valence electrons. The third-order valence-corrected chi connectivity index (χ3v) is 11.3. The van der Waals surface area contributed by atoms with E-state index in [0.717, 1.165) is 128 Å². The van der Waals surface area contributed by atoms with Crippen molar-refractivity contribution in [1.82, 2.24) is 9.88 Å². The van der Waals surface area contributed by atoms with Crippen molar-refractivity contribution in [3.05, 3.63) is 105 Å². The second kappa shape index (κ2) is 16.3. The number of carboxylic acid groups (broad SMARTS) is 1. The van der Waals surface area contributed by atoms with E-state index in [1.807, 2.05) is 46.8 Å². The van der Waals surface area contributed by atoms with Crippen LogP contribution in [-0.2, 0) is 46.6 Å². The standard InChI is InChI=1S/C46H55FN2O5/c1-29-9-6-12-38(47)37(29)28-49-21-18-32-25-34(14-15-36(32)27-49)42-39(13-7-10-31-19-23-52-24-20-31)48-30(2)41(44(45(50)51)54-46(3,4)5)43(42)35-16-17-40-33(26-35)11-8-22-53-40/h6,9,12,14-17,25-26,31,44H,7-8,10-11,13,18-24,27-28H2,1-5H3,(H,50,51). The van der Waals surface area contributed by atoms with E-state index in [9.17, 15) is 14.3 Å². The maximum absolute atomic E-state index is 14.8. The first kappa shape index (κ1) is 38.2. The predicted molar refractivity (Wildman–Crippen MR) is 210 cm³/mol. The van der Waals surface area contributed by atoms with Gasteiger partial charge in [-0.05, 0) is 149 Å². The Hall–Kier alpha value is -4.11. The normalized spacial score (nSPS) is 17.1. The van der Waals surface area contributed by atoms with Gasteiger partial charge in [0, 0.05) is 60.9 Å². The van der Waals surface area contributed by atoms with Crippen LogP contribution in [0.3, 0.4) is 0 Å². The monoisotopic (exact) mass is 734 g/mol. The Morgan fingerprint density at radius 3 is 2.50 bits per heavy atom. The number of fused-ring (bicyclic) bond motifs is 2. The Labute approximate surface area is 319 Å². The summed E-state index contributed by atoms with van der Waals surface area (Å²) in [5.41, 5.74) is 10.7. The van der Waals surface area contributed by atoms with E-state index >= 15 is 0 Å². The van der Waals surface area contributed by atoms with Crippen LogP contribution in [0.25, 0.3) is 22.3 Å². The molecule has 54 heavy (non-hydrogen) atoms. The highest BCUT2D eigenvalue weighted by Gasteiger charge is 2.34. The number of ether oxygens (including phenoxy) is 3. The van der Waals surface area contributed by atoms with Crippen molar-refractivity contribution < 1.29 is 28.5 Å². The van der Waals surface area contributed by atoms with Gasteiger partial charge in [-0.2, -0.15) is 0 Å². The van der Waals surface area contributed by atoms with Gasteiger partial charge in [0.15, 0.2) is 6.10 Å². The number of carboxylic acids is 1. The molecule has 1 saturated heterocycles. The number of benzene rings is 3. The number of carbonyl (C=O) groups is 1. The van der Waals surface area contributed by atoms with E-state index in [1.165, 1.54) is 11.1 Å². The van der Waals surface area contributed by atoms with Crippen molar-refractivity contribution in [2.75, 3.05) is 26.4 Å². The molecule has 0 bridgehead atoms. The highest BCUT2D eigenvalue weighted by molar-refractivity contribution is 5.91. The van der Waals surface area contributed by atoms with Gasteiger partial charge in [0.25, 0.3) is 0 Å². The van der Waals surface area contributed by atoms with Crippen molar-refractivity contribution in [2.45, 2.75) is 111 Å². The van der Waals surface area contributed by atoms with E-state index in [2.05, 4.69) is 35.2 Å². The molecule has 0 aliphatic carbocycles. The van der Waals surface area contributed by atoms with Crippen molar-refractivity contribution in [2.24, 2.45) is 5.92 Å². The average molecular weight is 735 g/mol. The number of aryl methyl sites for hydroxylation is 4. The van der Waals surface area contributed by atoms with Crippen molar-refractivity contribution >= 4 is 5.97 Å². The summed E-state index contributed by atoms with van der Waals surface area (Å²) in [4.78, 5) is 20.8. The summed E-state index contributed by atoms with van der Waals surface area (Å²) in [6.07, 6.45) is 6.48. The Morgan fingerprint density at radius 2 is 1.74 bits per heavy atom. The number of nitrogens with zero attached hydrogens (tertiary/aromatic N) is 2. The molecule has 1 aromatic heterocycles. The molecule has 3 aromatic carbocycles. The number of aliphatic carboxylic acids is 1. The predicted octanol–water partition coefficient (Wildman–Crippen LogP) is 9.74. The Kier molecular flexibility index (Phi) is 11.5. The quantitative estimate of drug-likeness (QED) is 0.164. The number of rotatable bonds is 11. The average Bonchev–Trinajstić information content (AvgIpc) is 3.15. The molecule has 1 atom stereocenters. The van der Waals surface area contributed by atoms with Crippen LogP contribution in [-0.4, -0.2) is 52.9 Å². The van der Waals surface area contributed by atoms with E-state index < -0.39 is 17.7 Å². The highest BCUT2D eigenvalue weighted by Crippen LogP contribution is 2.45. The molecule has 3 aliphatic rings. The van der Waals surface area contributed by atoms with Gasteiger partial charge in [0.05, 0.1) is 12.2 Å². The van der Waals surface area contributed by atoms with Crippen LogP contribution in [0, 0.1) is 25.6 Å². The van der Waals surface area contributed by atoms with Crippen LogP contribution in [0.4, 0.5) is 4.39 Å². The summed E-state index contributed by atoms with van der Waals surface area (Å²) in [6.45, 7) is 14.1. The molecule has 7 nitrogen and oxygen atoms in total. The topological polar surface area (TPSA) is 81.1 Å². The van der Waals surface area contributed by atoms with Crippen molar-refractivity contribution in [3.63, 3.8) is 0 Å². The van der Waals surface area contributed by atoms with Crippen LogP contribution in [0.2, 0.25) is 0 Å². The summed E-state index contributed by atoms with van der Waals surface area (Å²) in [5, 5.41) is 10.8. The molecule has 4 heterocycles. The van der Waals surface area contributed by atoms with Gasteiger partial charge < -0.3 is 19.3 Å². The second-order valence-electron chi connectivity index (χ2n) is 16.5. The van der Waals surface area contributed by atoms with E-state index in [-0.39, 0.29) is 5.82 Å². The van der Waals surface area contributed by atoms with Gasteiger partial charge in [-0.15, -0.1) is 0 Å². The number of aromatic nitrogens is 1. The molecular formula is C46H55FN2O5. The Bertz CT molecular complexity index is 1980. The Balaban J connectivity index is 1.35. The lowest BCUT2D eigenvalue weighted by molar-refractivity contribution is -0.160. The summed E-state index contributed by atoms with van der Waals surface area (Å²) < 4.78 is 32.9. The van der Waals surface area contributed by atoms with Gasteiger partial charge in [-0.1, -0.05) is 36.4 Å². The molecule has 1 unspecified atom stereocenters. The third-order valence-electron chi connectivity index (χ3n) is 11.3. The number of hydrogen-bond donors (Lipinski definition) is 1. The number of hydrogen-bond acceptors (Lipinski definition) is 6. The van der Waals surface area contributed by atoms with Crippen molar-refractivity contribution in [1.29, 1.82) is 0 Å². The molecule has 3 aliphatic heterocycles. The molecule has 4 aromatic rings. The largest absolute Gasteiger partial charge is 0.493 e. The number of pyridine rings is 1. The fraction of sp³-hybridized carbons (Fsp3) is 0.478. The molecule has 1 N–H and O–H groups in total. The maximum Gasteiger partial charge on any atom is 0.337 e. The van der Waals surface area contributed by atoms with Gasteiger partial charge in [-0.25, -0.2) is 9.18 Å². The van der Waals surface area contributed by atoms with E-state index in [1.54, 1.807) is 12.1 Å². The number of halogens is 1. The summed E-state index contributed by atoms with van der Waals surface area (Å²) in [6, 6.07) is 18.3. The van der Waals surface area contributed by atoms with Crippen LogP contribution in [0.1, 0.15) is 104 Å². The minimum atomic E-state index is -1.22. The van der Waals surface area contributed by atoms with Gasteiger partial charge in [0.1, 0.15) is 11.6 Å². The van der Waals surface area contributed by atoms with Crippen LogP contribution in [0.5, 0.6) is 5.75 Å². The zero-order valence-electron chi connectivity index (χ0n) is 32.6. The lowest BCUT2D eigenvalue weighted by atomic mass is 9.83. The first-order valence-corrected chi connectivity index (χ1v) is 19.8. The summed E-state index contributed by atoms with van der Waals surface area (Å²) >= 11 is 0. The van der Waals surface area contributed by atoms with Gasteiger partial charge in [-0.3, -0.25) is 9.88 Å². The van der Waals surface area contributed by atoms with Crippen molar-refractivity contribution in [3.8, 4) is 28.0 Å². The second-order valence-corrected chi connectivity index (χ2v) is 16.5. The fourth-order valence-electron chi connectivity index (χ4n) is 8.58. The van der Waals surface area contributed by atoms with Gasteiger partial charge >= 0.3 is 5.97 Å². The Morgan fingerprint density at radius 1 is 0.981 bits per heavy atom.